The lowest BCUT2D eigenvalue weighted by molar-refractivity contribution is -0.150. The first-order valence-electron chi connectivity index (χ1n) is 14.1. The van der Waals surface area contributed by atoms with Crippen LogP contribution in [0.25, 0.3) is 0 Å². The van der Waals surface area contributed by atoms with Gasteiger partial charge < -0.3 is 19.5 Å². The van der Waals surface area contributed by atoms with E-state index in [0.29, 0.717) is 5.56 Å². The second-order valence-electron chi connectivity index (χ2n) is 11.5. The van der Waals surface area contributed by atoms with Crippen LogP contribution >= 0.6 is 0 Å². The van der Waals surface area contributed by atoms with Crippen LogP contribution in [0.2, 0.25) is 0 Å². The van der Waals surface area contributed by atoms with E-state index in [4.69, 9.17) is 14.2 Å². The molecule has 10 nitrogen and oxygen atoms in total. The van der Waals surface area contributed by atoms with Gasteiger partial charge in [-0.2, -0.15) is 4.31 Å². The molecule has 0 aliphatic carbocycles. The van der Waals surface area contributed by atoms with E-state index in [0.717, 1.165) is 15.4 Å². The molecule has 2 aromatic rings. The summed E-state index contributed by atoms with van der Waals surface area (Å²) in [7, 11) is -4.23. The fraction of sp³-hybridized carbons (Fsp3) is 0.516. The SMILES string of the molecule is CCOC(=O)C[C@@H]1[C@@H]([C@@H](NC(=O)OC(C)(C)C)c2ccc(C)cc2)CN(S(=O)(=O)c2ccc(C)cc2)[C@@H]1C(=O)OCC. The van der Waals surface area contributed by atoms with Crippen LogP contribution < -0.4 is 5.32 Å². The fourth-order valence-electron chi connectivity index (χ4n) is 5.19. The lowest BCUT2D eigenvalue weighted by Gasteiger charge is -2.31. The highest BCUT2D eigenvalue weighted by Crippen LogP contribution is 2.43. The molecule has 230 valence electrons. The molecule has 42 heavy (non-hydrogen) atoms. The predicted molar refractivity (Wildman–Crippen MR) is 157 cm³/mol. The standard InChI is InChI=1S/C31H42N2O8S/c1-8-39-26(34)18-24-25(27(22-14-10-20(3)11-15-22)32-30(36)41-31(5,6)7)19-33(28(24)29(35)40-9-2)42(37,38)23-16-12-21(4)13-17-23/h10-17,24-25,27-28H,8-9,18-19H2,1-7H3,(H,32,36)/t24-,25+,27+,28+/m1/s1. The van der Waals surface area contributed by atoms with Gasteiger partial charge in [-0.15, -0.1) is 0 Å². The van der Waals surface area contributed by atoms with Gasteiger partial charge in [0.2, 0.25) is 10.0 Å². The van der Waals surface area contributed by atoms with Crippen LogP contribution in [0.15, 0.2) is 53.4 Å². The van der Waals surface area contributed by atoms with E-state index < -0.39 is 57.6 Å². The molecular formula is C31H42N2O8S. The number of carbonyl (C=O) groups excluding carboxylic acids is 3. The number of benzene rings is 2. The molecule has 4 atom stereocenters. The summed E-state index contributed by atoms with van der Waals surface area (Å²) in [6.45, 7) is 12.2. The second-order valence-corrected chi connectivity index (χ2v) is 13.3. The van der Waals surface area contributed by atoms with Crippen molar-refractivity contribution < 1.29 is 37.0 Å². The van der Waals surface area contributed by atoms with E-state index in [1.807, 2.05) is 38.1 Å². The van der Waals surface area contributed by atoms with Crippen molar-refractivity contribution in [1.82, 2.24) is 9.62 Å². The molecule has 3 rings (SSSR count). The number of nitrogens with zero attached hydrogens (tertiary/aromatic N) is 1. The van der Waals surface area contributed by atoms with Crippen molar-refractivity contribution in [3.8, 4) is 0 Å². The van der Waals surface area contributed by atoms with Gasteiger partial charge in [-0.3, -0.25) is 9.59 Å². The van der Waals surface area contributed by atoms with Gasteiger partial charge >= 0.3 is 18.0 Å². The van der Waals surface area contributed by atoms with Gasteiger partial charge in [0.15, 0.2) is 0 Å². The minimum Gasteiger partial charge on any atom is -0.466 e. The molecule has 1 amide bonds. The topological polar surface area (TPSA) is 128 Å². The van der Waals surface area contributed by atoms with E-state index in [9.17, 15) is 22.8 Å². The maximum Gasteiger partial charge on any atom is 0.408 e. The van der Waals surface area contributed by atoms with Crippen molar-refractivity contribution in [3.05, 3.63) is 65.2 Å². The molecular weight excluding hydrogens is 560 g/mol. The summed E-state index contributed by atoms with van der Waals surface area (Å²) in [6.07, 6.45) is -0.976. The molecule has 1 saturated heterocycles. The number of alkyl carbamates (subject to hydrolysis) is 1. The van der Waals surface area contributed by atoms with Crippen molar-refractivity contribution in [2.45, 2.75) is 77.5 Å². The normalized spacial score (nSPS) is 20.0. The molecule has 1 fully saturated rings. The molecule has 0 aromatic heterocycles. The smallest absolute Gasteiger partial charge is 0.408 e. The van der Waals surface area contributed by atoms with Crippen molar-refractivity contribution in [1.29, 1.82) is 0 Å². The van der Waals surface area contributed by atoms with Gasteiger partial charge in [-0.05, 0) is 66.2 Å². The first-order valence-corrected chi connectivity index (χ1v) is 15.6. The molecule has 0 spiro atoms. The Kier molecular flexibility index (Phi) is 10.8. The predicted octanol–water partition coefficient (Wildman–Crippen LogP) is 4.69. The molecule has 1 aliphatic rings. The minimum absolute atomic E-state index is 0.00456. The summed E-state index contributed by atoms with van der Waals surface area (Å²) in [6, 6.07) is 11.6. The average molecular weight is 603 g/mol. The lowest BCUT2D eigenvalue weighted by Crippen LogP contribution is -2.45. The van der Waals surface area contributed by atoms with Crippen LogP contribution in [0, 0.1) is 25.7 Å². The van der Waals surface area contributed by atoms with Gasteiger partial charge in [-0.25, -0.2) is 13.2 Å². The number of nitrogens with one attached hydrogen (secondary N) is 1. The van der Waals surface area contributed by atoms with E-state index in [2.05, 4.69) is 5.32 Å². The molecule has 0 saturated carbocycles. The molecule has 1 N–H and O–H groups in total. The molecule has 11 heteroatoms. The second kappa shape index (κ2) is 13.7. The van der Waals surface area contributed by atoms with Crippen molar-refractivity contribution >= 4 is 28.1 Å². The Morgan fingerprint density at radius 3 is 2.00 bits per heavy atom. The van der Waals surface area contributed by atoms with E-state index >= 15 is 0 Å². The summed E-state index contributed by atoms with van der Waals surface area (Å²) in [5.41, 5.74) is 1.73. The van der Waals surface area contributed by atoms with Crippen molar-refractivity contribution in [3.63, 3.8) is 0 Å². The number of aryl methyl sites for hydroxylation is 2. The summed E-state index contributed by atoms with van der Waals surface area (Å²) in [5, 5.41) is 2.91. The highest BCUT2D eigenvalue weighted by atomic mass is 32.2. The molecule has 1 aliphatic heterocycles. The Bertz CT molecular complexity index is 1350. The summed E-state index contributed by atoms with van der Waals surface area (Å²) in [5.74, 6) is -2.97. The lowest BCUT2D eigenvalue weighted by atomic mass is 9.80. The molecule has 0 unspecified atom stereocenters. The Hall–Kier alpha value is -3.44. The summed E-state index contributed by atoms with van der Waals surface area (Å²) < 4.78 is 45.4. The highest BCUT2D eigenvalue weighted by molar-refractivity contribution is 7.89. The third-order valence-electron chi connectivity index (χ3n) is 7.06. The number of esters is 2. The zero-order chi connectivity index (χ0) is 31.2. The van der Waals surface area contributed by atoms with E-state index in [1.54, 1.807) is 46.8 Å². The first-order chi connectivity index (χ1) is 19.7. The maximum atomic E-state index is 14.1. The quantitative estimate of drug-likeness (QED) is 0.306. The number of carbonyl (C=O) groups is 3. The van der Waals surface area contributed by atoms with Crippen molar-refractivity contribution in [2.24, 2.45) is 11.8 Å². The molecule has 0 radical (unpaired) electrons. The number of ether oxygens (including phenoxy) is 3. The van der Waals surface area contributed by atoms with Crippen LogP contribution in [0.4, 0.5) is 4.79 Å². The zero-order valence-corrected chi connectivity index (χ0v) is 26.2. The van der Waals surface area contributed by atoms with Crippen molar-refractivity contribution in [2.75, 3.05) is 19.8 Å². The zero-order valence-electron chi connectivity index (χ0n) is 25.4. The van der Waals surface area contributed by atoms with E-state index in [1.165, 1.54) is 12.1 Å². The Morgan fingerprint density at radius 1 is 0.929 bits per heavy atom. The average Bonchev–Trinajstić information content (AvgIpc) is 3.27. The van der Waals surface area contributed by atoms with Crippen LogP contribution in [0.5, 0.6) is 0 Å². The minimum atomic E-state index is -4.23. The molecule has 0 bridgehead atoms. The Labute approximate surface area is 248 Å². The maximum absolute atomic E-state index is 14.1. The summed E-state index contributed by atoms with van der Waals surface area (Å²) >= 11 is 0. The number of sulfonamides is 1. The van der Waals surface area contributed by atoms with Gasteiger partial charge in [-0.1, -0.05) is 47.5 Å². The van der Waals surface area contributed by atoms with E-state index in [-0.39, 0.29) is 31.1 Å². The van der Waals surface area contributed by atoms with Gasteiger partial charge in [0, 0.05) is 18.4 Å². The number of amides is 1. The molecule has 1 heterocycles. The highest BCUT2D eigenvalue weighted by Gasteiger charge is 2.55. The largest absolute Gasteiger partial charge is 0.466 e. The number of hydrogen-bond acceptors (Lipinski definition) is 8. The third kappa shape index (κ3) is 8.10. The number of hydrogen-bond donors (Lipinski definition) is 1. The van der Waals surface area contributed by atoms with Gasteiger partial charge in [0.25, 0.3) is 0 Å². The molecule has 2 aromatic carbocycles. The first kappa shape index (κ1) is 33.1. The Balaban J connectivity index is 2.19. The van der Waals surface area contributed by atoms with Crippen LogP contribution in [-0.2, 0) is 33.8 Å². The third-order valence-corrected chi connectivity index (χ3v) is 8.92. The van der Waals surface area contributed by atoms with Gasteiger partial charge in [0.05, 0.1) is 30.6 Å². The van der Waals surface area contributed by atoms with Crippen LogP contribution in [0.3, 0.4) is 0 Å². The van der Waals surface area contributed by atoms with Gasteiger partial charge in [0.1, 0.15) is 11.6 Å². The monoisotopic (exact) mass is 602 g/mol. The van der Waals surface area contributed by atoms with Crippen LogP contribution in [-0.4, -0.2) is 62.2 Å². The van der Waals surface area contributed by atoms with Crippen LogP contribution in [0.1, 0.15) is 63.8 Å². The Morgan fingerprint density at radius 2 is 1.48 bits per heavy atom. The summed E-state index contributed by atoms with van der Waals surface area (Å²) in [4.78, 5) is 39.5. The fourth-order valence-corrected chi connectivity index (χ4v) is 6.85. The number of rotatable bonds is 10.